The lowest BCUT2D eigenvalue weighted by Gasteiger charge is -2.27. The fourth-order valence-electron chi connectivity index (χ4n) is 4.39. The summed E-state index contributed by atoms with van der Waals surface area (Å²) in [5.41, 5.74) is 3.62. The van der Waals surface area contributed by atoms with Gasteiger partial charge in [0.1, 0.15) is 11.9 Å². The van der Waals surface area contributed by atoms with Crippen LogP contribution in [0.25, 0.3) is 6.08 Å². The number of carbonyl (C=O) groups excluding carboxylic acids is 2. The van der Waals surface area contributed by atoms with Crippen LogP contribution in [0.4, 0.5) is 5.69 Å². The predicted molar refractivity (Wildman–Crippen MR) is 134 cm³/mol. The third kappa shape index (κ3) is 6.09. The fourth-order valence-corrected chi connectivity index (χ4v) is 4.39. The van der Waals surface area contributed by atoms with Crippen LogP contribution in [0, 0.1) is 5.92 Å². The summed E-state index contributed by atoms with van der Waals surface area (Å²) < 4.78 is 6.22. The molecule has 35 heavy (non-hydrogen) atoms. The van der Waals surface area contributed by atoms with E-state index in [1.165, 1.54) is 0 Å². The van der Waals surface area contributed by atoms with Crippen LogP contribution >= 0.6 is 0 Å². The number of ether oxygens (including phenoxy) is 1. The number of nitrogens with one attached hydrogen (secondary N) is 3. The lowest BCUT2D eigenvalue weighted by Crippen LogP contribution is -2.34. The van der Waals surface area contributed by atoms with Crippen molar-refractivity contribution >= 4 is 23.6 Å². The molecule has 0 fully saturated rings. The van der Waals surface area contributed by atoms with E-state index in [4.69, 9.17) is 4.74 Å². The summed E-state index contributed by atoms with van der Waals surface area (Å²) in [6.45, 7) is 3.02. The van der Waals surface area contributed by atoms with E-state index in [0.29, 0.717) is 43.0 Å². The zero-order valence-corrected chi connectivity index (χ0v) is 19.7. The molecule has 8 nitrogen and oxygen atoms in total. The number of para-hydroxylation sites is 1. The number of fused-ring (bicyclic) bond motifs is 1. The predicted octanol–water partition coefficient (Wildman–Crippen LogP) is 2.75. The fraction of sp³-hybridized carbons (Fsp3) is 0.333. The van der Waals surface area contributed by atoms with E-state index in [9.17, 15) is 19.8 Å². The highest BCUT2D eigenvalue weighted by Crippen LogP contribution is 2.29. The zero-order valence-electron chi connectivity index (χ0n) is 19.7. The molecule has 2 amide bonds. The normalized spacial score (nSPS) is 20.7. The molecule has 1 aliphatic heterocycles. The van der Waals surface area contributed by atoms with Crippen molar-refractivity contribution in [3.05, 3.63) is 82.8 Å². The van der Waals surface area contributed by atoms with Crippen LogP contribution in [0.3, 0.4) is 0 Å². The van der Waals surface area contributed by atoms with Gasteiger partial charge in [0, 0.05) is 32.4 Å². The van der Waals surface area contributed by atoms with Gasteiger partial charge < -0.3 is 30.9 Å². The summed E-state index contributed by atoms with van der Waals surface area (Å²) in [7, 11) is 0. The Kier molecular flexibility index (Phi) is 7.84. The number of hydrogen-bond donors (Lipinski definition) is 5. The van der Waals surface area contributed by atoms with Crippen molar-refractivity contribution in [1.82, 2.24) is 10.6 Å². The molecular formula is C27H31N3O5. The van der Waals surface area contributed by atoms with E-state index in [2.05, 4.69) is 16.0 Å². The molecule has 4 rings (SSSR count). The first-order valence-corrected chi connectivity index (χ1v) is 11.9. The first kappa shape index (κ1) is 24.5. The second-order valence-electron chi connectivity index (χ2n) is 8.67. The molecule has 0 aromatic heterocycles. The number of carbonyl (C=O) groups is 2. The average molecular weight is 478 g/mol. The Morgan fingerprint density at radius 1 is 1.20 bits per heavy atom. The summed E-state index contributed by atoms with van der Waals surface area (Å²) in [4.78, 5) is 25.8. The second-order valence-corrected chi connectivity index (χ2v) is 8.67. The van der Waals surface area contributed by atoms with Crippen LogP contribution in [-0.4, -0.2) is 47.5 Å². The van der Waals surface area contributed by atoms with Crippen molar-refractivity contribution < 1.29 is 24.5 Å². The van der Waals surface area contributed by atoms with Crippen LogP contribution in [0.1, 0.15) is 42.1 Å². The quantitative estimate of drug-likeness (QED) is 0.367. The minimum absolute atomic E-state index is 0.113. The molecule has 3 aliphatic rings. The Morgan fingerprint density at radius 3 is 2.86 bits per heavy atom. The SMILES string of the molecule is CCNC(=O)C1C=CC(OC2C=CC=C(CC(O)O)C2)=C(NC(=O)c2cccc3c2NCC=C3)C1. The molecule has 0 radical (unpaired) electrons. The third-order valence-corrected chi connectivity index (χ3v) is 6.03. The Bertz CT molecular complexity index is 1130. The van der Waals surface area contributed by atoms with Crippen molar-refractivity contribution in [3.8, 4) is 0 Å². The Balaban J connectivity index is 1.56. The Morgan fingerprint density at radius 2 is 2.06 bits per heavy atom. The summed E-state index contributed by atoms with van der Waals surface area (Å²) in [5, 5.41) is 27.7. The van der Waals surface area contributed by atoms with Crippen molar-refractivity contribution in [2.45, 2.75) is 38.6 Å². The summed E-state index contributed by atoms with van der Waals surface area (Å²) >= 11 is 0. The number of anilines is 1. The minimum Gasteiger partial charge on any atom is -0.484 e. The van der Waals surface area contributed by atoms with Gasteiger partial charge in [0.15, 0.2) is 6.29 Å². The van der Waals surface area contributed by atoms with Gasteiger partial charge in [-0.1, -0.05) is 48.1 Å². The summed E-state index contributed by atoms with van der Waals surface area (Å²) in [6, 6.07) is 5.55. The van der Waals surface area contributed by atoms with Gasteiger partial charge in [-0.25, -0.2) is 0 Å². The first-order valence-electron chi connectivity index (χ1n) is 11.9. The van der Waals surface area contributed by atoms with E-state index < -0.39 is 12.2 Å². The topological polar surface area (TPSA) is 120 Å². The number of aliphatic hydroxyl groups excluding tert-OH is 1. The molecule has 5 N–H and O–H groups in total. The van der Waals surface area contributed by atoms with Crippen LogP contribution in [0.15, 0.2) is 71.7 Å². The highest BCUT2D eigenvalue weighted by Gasteiger charge is 2.27. The number of rotatable bonds is 8. The maximum Gasteiger partial charge on any atom is 0.257 e. The molecule has 2 unspecified atom stereocenters. The molecule has 8 heteroatoms. The molecule has 184 valence electrons. The third-order valence-electron chi connectivity index (χ3n) is 6.03. The molecule has 0 saturated carbocycles. The largest absolute Gasteiger partial charge is 0.484 e. The van der Waals surface area contributed by atoms with Crippen LogP contribution in [0.5, 0.6) is 0 Å². The van der Waals surface area contributed by atoms with Crippen molar-refractivity contribution in [3.63, 3.8) is 0 Å². The van der Waals surface area contributed by atoms with E-state index in [0.717, 1.165) is 16.8 Å². The van der Waals surface area contributed by atoms with Gasteiger partial charge in [0.05, 0.1) is 22.9 Å². The van der Waals surface area contributed by atoms with Gasteiger partial charge in [-0.05, 0) is 30.7 Å². The van der Waals surface area contributed by atoms with E-state index >= 15 is 0 Å². The van der Waals surface area contributed by atoms with Crippen molar-refractivity contribution in [1.29, 1.82) is 0 Å². The number of hydrogen-bond acceptors (Lipinski definition) is 6. The van der Waals surface area contributed by atoms with Gasteiger partial charge in [-0.15, -0.1) is 0 Å². The average Bonchev–Trinajstić information content (AvgIpc) is 2.84. The first-order chi connectivity index (χ1) is 16.9. The van der Waals surface area contributed by atoms with Gasteiger partial charge in [-0.3, -0.25) is 9.59 Å². The Hall–Kier alpha value is -3.62. The highest BCUT2D eigenvalue weighted by molar-refractivity contribution is 6.02. The molecular weight excluding hydrogens is 446 g/mol. The molecule has 0 saturated heterocycles. The molecule has 1 aromatic carbocycles. The number of allylic oxidation sites excluding steroid dienone is 4. The molecule has 0 spiro atoms. The molecule has 1 aromatic rings. The monoisotopic (exact) mass is 477 g/mol. The van der Waals surface area contributed by atoms with E-state index in [1.807, 2.05) is 49.4 Å². The molecule has 1 heterocycles. The standard InChI is InChI=1S/C27H31N3O5/c1-2-28-26(33)19-11-12-23(35-20-9-3-6-17(14-20)15-24(31)32)22(16-19)30-27(34)21-10-4-7-18-8-5-13-29-25(18)21/h3-12,19-20,24,29,31-32H,2,13-16H2,1H3,(H,28,33)(H,30,34). The lowest BCUT2D eigenvalue weighted by molar-refractivity contribution is -0.123. The van der Waals surface area contributed by atoms with Crippen LogP contribution in [0.2, 0.25) is 0 Å². The maximum absolute atomic E-state index is 13.3. The lowest BCUT2D eigenvalue weighted by atomic mass is 9.95. The van der Waals surface area contributed by atoms with Gasteiger partial charge in [-0.2, -0.15) is 0 Å². The number of aliphatic hydroxyl groups is 2. The number of benzene rings is 1. The van der Waals surface area contributed by atoms with Gasteiger partial charge in [0.25, 0.3) is 5.91 Å². The van der Waals surface area contributed by atoms with Crippen LogP contribution < -0.4 is 16.0 Å². The van der Waals surface area contributed by atoms with Crippen molar-refractivity contribution in [2.24, 2.45) is 5.92 Å². The summed E-state index contributed by atoms with van der Waals surface area (Å²) in [5.74, 6) is -0.339. The highest BCUT2D eigenvalue weighted by atomic mass is 16.5. The smallest absolute Gasteiger partial charge is 0.257 e. The maximum atomic E-state index is 13.3. The van der Waals surface area contributed by atoms with E-state index in [-0.39, 0.29) is 24.3 Å². The van der Waals surface area contributed by atoms with E-state index in [1.54, 1.807) is 18.2 Å². The zero-order chi connectivity index (χ0) is 24.8. The minimum atomic E-state index is -1.42. The molecule has 2 atom stereocenters. The molecule has 0 bridgehead atoms. The van der Waals surface area contributed by atoms with Crippen molar-refractivity contribution in [2.75, 3.05) is 18.4 Å². The van der Waals surface area contributed by atoms with Gasteiger partial charge >= 0.3 is 0 Å². The van der Waals surface area contributed by atoms with Crippen LogP contribution in [-0.2, 0) is 9.53 Å². The van der Waals surface area contributed by atoms with Gasteiger partial charge in [0.2, 0.25) is 5.91 Å². The number of amides is 2. The second kappa shape index (κ2) is 11.2. The summed E-state index contributed by atoms with van der Waals surface area (Å²) in [6.07, 6.45) is 12.2. The Labute approximate surface area is 204 Å². The molecule has 2 aliphatic carbocycles.